The number of hydrogen-bond acceptors (Lipinski definition) is 4. The number of hydrogen-bond donors (Lipinski definition) is 2. The van der Waals surface area contributed by atoms with E-state index in [1.807, 2.05) is 41.1 Å². The molecule has 0 unspecified atom stereocenters. The van der Waals surface area contributed by atoms with Crippen LogP contribution in [0.2, 0.25) is 0 Å². The van der Waals surface area contributed by atoms with Crippen LogP contribution in [-0.4, -0.2) is 33.4 Å². The molecule has 1 heterocycles. The van der Waals surface area contributed by atoms with Crippen molar-refractivity contribution in [1.82, 2.24) is 14.9 Å². The molecule has 0 saturated heterocycles. The molecule has 2 aromatic rings. The molecule has 0 fully saturated rings. The van der Waals surface area contributed by atoms with Gasteiger partial charge in [-0.25, -0.2) is 4.98 Å². The molecule has 2 rings (SSSR count). The van der Waals surface area contributed by atoms with Crippen LogP contribution < -0.4 is 5.32 Å². The van der Waals surface area contributed by atoms with Crippen molar-refractivity contribution in [1.29, 1.82) is 0 Å². The zero-order chi connectivity index (χ0) is 15.1. The molecule has 0 aliphatic heterocycles. The molecule has 1 aromatic heterocycles. The lowest BCUT2D eigenvalue weighted by Gasteiger charge is -2.04. The first-order valence-corrected chi connectivity index (χ1v) is 6.71. The number of imidazole rings is 1. The van der Waals surface area contributed by atoms with Gasteiger partial charge in [-0.2, -0.15) is 0 Å². The number of nitrogens with one attached hydrogen (secondary N) is 1. The fourth-order valence-electron chi connectivity index (χ4n) is 2.03. The van der Waals surface area contributed by atoms with E-state index in [1.165, 1.54) is 13.1 Å². The highest BCUT2D eigenvalue weighted by atomic mass is 16.4. The van der Waals surface area contributed by atoms with E-state index in [9.17, 15) is 4.79 Å². The maximum atomic E-state index is 10.9. The summed E-state index contributed by atoms with van der Waals surface area (Å²) in [5, 5.41) is 14.5. The molecule has 0 bridgehead atoms. The van der Waals surface area contributed by atoms with Gasteiger partial charge >= 0.3 is 0 Å². The number of rotatable bonds is 6. The van der Waals surface area contributed by atoms with Crippen LogP contribution >= 0.6 is 0 Å². The molecule has 2 N–H and O–H groups in total. The largest absolute Gasteiger partial charge is 0.411 e. The van der Waals surface area contributed by atoms with Crippen LogP contribution in [0.3, 0.4) is 0 Å². The number of nitrogens with zero attached hydrogens (tertiary/aromatic N) is 3. The maximum Gasteiger partial charge on any atom is 0.216 e. The zero-order valence-corrected chi connectivity index (χ0v) is 11.9. The standard InChI is InChI=1S/C15H18N4O2/c1-12(20)16-8-7-14-11-19(15(18-14)9-17-21)10-13-5-3-2-4-6-13/h2-6,9,11,21H,7-8,10H2,1H3,(H,16,20)/b17-9-. The third kappa shape index (κ3) is 4.45. The fraction of sp³-hybridized carbons (Fsp3) is 0.267. The second-order valence-electron chi connectivity index (χ2n) is 4.68. The molecule has 6 heteroatoms. The first-order valence-electron chi connectivity index (χ1n) is 6.71. The van der Waals surface area contributed by atoms with Gasteiger partial charge in [0.05, 0.1) is 5.69 Å². The van der Waals surface area contributed by atoms with Crippen LogP contribution in [0.4, 0.5) is 0 Å². The molecule has 110 valence electrons. The van der Waals surface area contributed by atoms with Gasteiger partial charge in [0.15, 0.2) is 5.82 Å². The van der Waals surface area contributed by atoms with E-state index < -0.39 is 0 Å². The Morgan fingerprint density at radius 2 is 2.19 bits per heavy atom. The highest BCUT2D eigenvalue weighted by molar-refractivity contribution is 5.74. The van der Waals surface area contributed by atoms with Crippen molar-refractivity contribution in [2.75, 3.05) is 6.54 Å². The van der Waals surface area contributed by atoms with Gasteiger partial charge in [0.1, 0.15) is 6.21 Å². The summed E-state index contributed by atoms with van der Waals surface area (Å²) in [4.78, 5) is 15.3. The first-order chi connectivity index (χ1) is 10.2. The molecule has 0 atom stereocenters. The van der Waals surface area contributed by atoms with Gasteiger partial charge in [0.25, 0.3) is 0 Å². The Labute approximate surface area is 123 Å². The molecule has 0 aliphatic carbocycles. The van der Waals surface area contributed by atoms with Crippen molar-refractivity contribution in [3.63, 3.8) is 0 Å². The van der Waals surface area contributed by atoms with Gasteiger partial charge in [-0.15, -0.1) is 0 Å². The van der Waals surface area contributed by atoms with Crippen LogP contribution in [0.25, 0.3) is 0 Å². The van der Waals surface area contributed by atoms with E-state index >= 15 is 0 Å². The number of aromatic nitrogens is 2. The Balaban J connectivity index is 2.11. The summed E-state index contributed by atoms with van der Waals surface area (Å²) in [6.45, 7) is 2.67. The molecule has 0 saturated carbocycles. The van der Waals surface area contributed by atoms with Crippen molar-refractivity contribution in [3.8, 4) is 0 Å². The van der Waals surface area contributed by atoms with Crippen LogP contribution in [0, 0.1) is 0 Å². The van der Waals surface area contributed by atoms with Gasteiger partial charge in [0, 0.05) is 32.6 Å². The summed E-state index contributed by atoms with van der Waals surface area (Å²) in [5.74, 6) is 0.523. The molecular formula is C15H18N4O2. The number of benzene rings is 1. The van der Waals surface area contributed by atoms with Gasteiger partial charge in [-0.05, 0) is 5.56 Å². The molecule has 0 spiro atoms. The van der Waals surface area contributed by atoms with E-state index in [1.54, 1.807) is 0 Å². The average Bonchev–Trinajstić information content (AvgIpc) is 2.82. The molecule has 0 radical (unpaired) electrons. The minimum atomic E-state index is -0.0594. The minimum Gasteiger partial charge on any atom is -0.411 e. The SMILES string of the molecule is CC(=O)NCCc1cn(Cc2ccccc2)c(/C=N\O)n1. The Hall–Kier alpha value is -2.63. The zero-order valence-electron chi connectivity index (χ0n) is 11.9. The van der Waals surface area contributed by atoms with Gasteiger partial charge in [-0.3, -0.25) is 4.79 Å². The predicted octanol–water partition coefficient (Wildman–Crippen LogP) is 1.42. The quantitative estimate of drug-likeness (QED) is 0.479. The van der Waals surface area contributed by atoms with Crippen molar-refractivity contribution >= 4 is 12.1 Å². The average molecular weight is 286 g/mol. The smallest absolute Gasteiger partial charge is 0.216 e. The van der Waals surface area contributed by atoms with E-state index in [4.69, 9.17) is 5.21 Å². The second-order valence-corrected chi connectivity index (χ2v) is 4.68. The third-order valence-corrected chi connectivity index (χ3v) is 2.98. The summed E-state index contributed by atoms with van der Waals surface area (Å²) in [7, 11) is 0. The number of carbonyl (C=O) groups excluding carboxylic acids is 1. The lowest BCUT2D eigenvalue weighted by molar-refractivity contribution is -0.118. The van der Waals surface area contributed by atoms with Gasteiger partial charge < -0.3 is 15.1 Å². The summed E-state index contributed by atoms with van der Waals surface area (Å²) >= 11 is 0. The van der Waals surface area contributed by atoms with Crippen molar-refractivity contribution in [3.05, 3.63) is 53.6 Å². The Kier molecular flexibility index (Phi) is 5.09. The molecule has 0 aliphatic rings. The van der Waals surface area contributed by atoms with Crippen LogP contribution in [0.5, 0.6) is 0 Å². The molecular weight excluding hydrogens is 268 g/mol. The van der Waals surface area contributed by atoms with Crippen molar-refractivity contribution in [2.24, 2.45) is 5.16 Å². The topological polar surface area (TPSA) is 79.5 Å². The van der Waals surface area contributed by atoms with Crippen LogP contribution in [0.1, 0.15) is 24.0 Å². The summed E-state index contributed by atoms with van der Waals surface area (Å²) in [6, 6.07) is 9.97. The van der Waals surface area contributed by atoms with Crippen LogP contribution in [0.15, 0.2) is 41.7 Å². The highest BCUT2D eigenvalue weighted by Gasteiger charge is 2.07. The van der Waals surface area contributed by atoms with Crippen molar-refractivity contribution in [2.45, 2.75) is 19.9 Å². The van der Waals surface area contributed by atoms with E-state index in [0.717, 1.165) is 11.3 Å². The Bertz CT molecular complexity index is 620. The first kappa shape index (κ1) is 14.8. The predicted molar refractivity (Wildman–Crippen MR) is 79.5 cm³/mol. The second kappa shape index (κ2) is 7.23. The summed E-state index contributed by atoms with van der Waals surface area (Å²) < 4.78 is 1.91. The molecule has 6 nitrogen and oxygen atoms in total. The Morgan fingerprint density at radius 3 is 2.86 bits per heavy atom. The number of carbonyl (C=O) groups is 1. The summed E-state index contributed by atoms with van der Waals surface area (Å²) in [5.41, 5.74) is 1.98. The maximum absolute atomic E-state index is 10.9. The van der Waals surface area contributed by atoms with Crippen LogP contribution in [-0.2, 0) is 17.8 Å². The van der Waals surface area contributed by atoms with E-state index in [-0.39, 0.29) is 5.91 Å². The van der Waals surface area contributed by atoms with E-state index in [2.05, 4.69) is 15.5 Å². The van der Waals surface area contributed by atoms with Crippen molar-refractivity contribution < 1.29 is 10.0 Å². The lowest BCUT2D eigenvalue weighted by Crippen LogP contribution is -2.22. The molecule has 21 heavy (non-hydrogen) atoms. The minimum absolute atomic E-state index is 0.0594. The molecule has 1 aromatic carbocycles. The third-order valence-electron chi connectivity index (χ3n) is 2.98. The lowest BCUT2D eigenvalue weighted by atomic mass is 10.2. The van der Waals surface area contributed by atoms with Gasteiger partial charge in [0.2, 0.25) is 5.91 Å². The fourth-order valence-corrected chi connectivity index (χ4v) is 2.03. The molecule has 1 amide bonds. The Morgan fingerprint density at radius 1 is 1.43 bits per heavy atom. The number of amides is 1. The van der Waals surface area contributed by atoms with E-state index in [0.29, 0.717) is 25.3 Å². The normalized spacial score (nSPS) is 10.9. The number of oxime groups is 1. The highest BCUT2D eigenvalue weighted by Crippen LogP contribution is 2.08. The summed E-state index contributed by atoms with van der Waals surface area (Å²) in [6.07, 6.45) is 3.85. The monoisotopic (exact) mass is 286 g/mol. The van der Waals surface area contributed by atoms with Gasteiger partial charge in [-0.1, -0.05) is 35.5 Å².